The van der Waals surface area contributed by atoms with Crippen molar-refractivity contribution in [3.8, 4) is 0 Å². The Morgan fingerprint density at radius 3 is 1.00 bits per heavy atom. The molecule has 3 aromatic rings. The van der Waals surface area contributed by atoms with Crippen molar-refractivity contribution in [3.05, 3.63) is 119 Å². The Kier molecular flexibility index (Phi) is 11.1. The minimum atomic E-state index is 1.21. The Balaban J connectivity index is 0.000000665. The van der Waals surface area contributed by atoms with Crippen LogP contribution >= 0.6 is 0 Å². The molecule has 0 aliphatic heterocycles. The lowest BCUT2D eigenvalue weighted by molar-refractivity contribution is 1.50. The fraction of sp³-hybridized carbons (Fsp3) is 0.115. The monoisotopic (exact) mass is 353 g/mol. The number of hydrogen-bond donors (Lipinski definition) is 0. The predicted molar refractivity (Wildman–Crippen MR) is 121 cm³/mol. The van der Waals surface area contributed by atoms with E-state index in [1.807, 2.05) is 26.0 Å². The highest BCUT2D eigenvalue weighted by molar-refractivity contribution is 5.72. The summed E-state index contributed by atoms with van der Waals surface area (Å²) in [6.45, 7) is 9.83. The van der Waals surface area contributed by atoms with Gasteiger partial charge in [0.2, 0.25) is 7.05 Å². The third-order valence-corrected chi connectivity index (χ3v) is 3.47. The summed E-state index contributed by atoms with van der Waals surface area (Å²) in [4.78, 5) is 2.75. The van der Waals surface area contributed by atoms with E-state index in [2.05, 4.69) is 102 Å². The number of nitrogens with zero attached hydrogens (tertiary/aromatic N) is 1. The molecule has 136 valence electrons. The molecule has 0 bridgehead atoms. The second-order valence-electron chi connectivity index (χ2n) is 5.38. The molecule has 0 fully saturated rings. The first kappa shape index (κ1) is 21.7. The molecule has 0 saturated carbocycles. The van der Waals surface area contributed by atoms with Gasteiger partial charge in [-0.2, -0.15) is 0 Å². The fourth-order valence-electron chi connectivity index (χ4n) is 2.23. The molecule has 1 heteroatoms. The van der Waals surface area contributed by atoms with Crippen LogP contribution in [-0.2, 0) is 0 Å². The first-order chi connectivity index (χ1) is 13.3. The highest BCUT2D eigenvalue weighted by Crippen LogP contribution is 2.12. The van der Waals surface area contributed by atoms with Gasteiger partial charge < -0.3 is 4.85 Å². The molecule has 1 nitrogen and oxygen atoms in total. The summed E-state index contributed by atoms with van der Waals surface area (Å²) in [6.07, 6.45) is 8.55. The molecule has 0 aromatic heterocycles. The number of hydrogen-bond acceptors (Lipinski definition) is 0. The SMILES string of the molecule is C(=Cc1ccc(C=Cc2ccccc2)cc1)c1ccccc1.CC.[C-]#[N+]C. The Morgan fingerprint density at radius 2 is 0.741 bits per heavy atom. The van der Waals surface area contributed by atoms with Gasteiger partial charge in [0.15, 0.2) is 0 Å². The summed E-state index contributed by atoms with van der Waals surface area (Å²) < 4.78 is 0. The van der Waals surface area contributed by atoms with Crippen LogP contribution in [0.25, 0.3) is 29.1 Å². The third kappa shape index (κ3) is 9.05. The van der Waals surface area contributed by atoms with Gasteiger partial charge in [-0.3, -0.25) is 0 Å². The molecule has 3 aromatic carbocycles. The van der Waals surface area contributed by atoms with Gasteiger partial charge in [0, 0.05) is 0 Å². The lowest BCUT2D eigenvalue weighted by Gasteiger charge is -1.97. The molecular formula is C26H27N. The molecule has 27 heavy (non-hydrogen) atoms. The van der Waals surface area contributed by atoms with Crippen LogP contribution in [0.2, 0.25) is 0 Å². The summed E-state index contributed by atoms with van der Waals surface area (Å²) in [5.41, 5.74) is 4.85. The van der Waals surface area contributed by atoms with E-state index in [-0.39, 0.29) is 0 Å². The Hall–Kier alpha value is -3.37. The topological polar surface area (TPSA) is 4.36 Å². The zero-order chi connectivity index (χ0) is 19.7. The van der Waals surface area contributed by atoms with Crippen molar-refractivity contribution in [2.75, 3.05) is 7.05 Å². The van der Waals surface area contributed by atoms with Crippen molar-refractivity contribution in [1.29, 1.82) is 0 Å². The van der Waals surface area contributed by atoms with E-state index < -0.39 is 0 Å². The van der Waals surface area contributed by atoms with Crippen molar-refractivity contribution in [2.24, 2.45) is 0 Å². The van der Waals surface area contributed by atoms with Crippen molar-refractivity contribution < 1.29 is 0 Å². The van der Waals surface area contributed by atoms with Gasteiger partial charge in [-0.1, -0.05) is 123 Å². The van der Waals surface area contributed by atoms with E-state index in [0.717, 1.165) is 0 Å². The van der Waals surface area contributed by atoms with E-state index in [1.54, 1.807) is 0 Å². The highest BCUT2D eigenvalue weighted by atomic mass is 14.5. The van der Waals surface area contributed by atoms with Gasteiger partial charge in [0.05, 0.1) is 0 Å². The third-order valence-electron chi connectivity index (χ3n) is 3.47. The Bertz CT molecular complexity index is 768. The van der Waals surface area contributed by atoms with Crippen LogP contribution < -0.4 is 0 Å². The van der Waals surface area contributed by atoms with E-state index in [0.29, 0.717) is 0 Å². The van der Waals surface area contributed by atoms with E-state index in [4.69, 9.17) is 6.57 Å². The average Bonchev–Trinajstić information content (AvgIpc) is 2.75. The summed E-state index contributed by atoms with van der Waals surface area (Å²) in [5.74, 6) is 0. The molecule has 0 aliphatic rings. The summed E-state index contributed by atoms with van der Waals surface area (Å²) in [7, 11) is 1.42. The zero-order valence-corrected chi connectivity index (χ0v) is 16.3. The van der Waals surface area contributed by atoms with Crippen LogP contribution in [-0.4, -0.2) is 7.05 Å². The minimum absolute atomic E-state index is 1.21. The van der Waals surface area contributed by atoms with Gasteiger partial charge >= 0.3 is 0 Å². The lowest BCUT2D eigenvalue weighted by atomic mass is 10.1. The van der Waals surface area contributed by atoms with Crippen LogP contribution in [0.15, 0.2) is 84.9 Å². The van der Waals surface area contributed by atoms with Gasteiger partial charge in [-0.05, 0) is 22.3 Å². The molecule has 0 amide bonds. The van der Waals surface area contributed by atoms with Crippen LogP contribution in [0.3, 0.4) is 0 Å². The molecule has 0 aliphatic carbocycles. The van der Waals surface area contributed by atoms with Crippen molar-refractivity contribution in [2.45, 2.75) is 13.8 Å². The van der Waals surface area contributed by atoms with Crippen LogP contribution in [0, 0.1) is 6.57 Å². The molecule has 0 spiro atoms. The molecule has 0 N–H and O–H groups in total. The maximum atomic E-state index is 5.83. The van der Waals surface area contributed by atoms with Crippen molar-refractivity contribution in [3.63, 3.8) is 0 Å². The van der Waals surface area contributed by atoms with Crippen LogP contribution in [0.1, 0.15) is 36.1 Å². The molecule has 0 atom stereocenters. The fourth-order valence-corrected chi connectivity index (χ4v) is 2.23. The molecule has 0 unspecified atom stereocenters. The molecule has 0 radical (unpaired) electrons. The average molecular weight is 354 g/mol. The molecular weight excluding hydrogens is 326 g/mol. The summed E-state index contributed by atoms with van der Waals surface area (Å²) >= 11 is 0. The van der Waals surface area contributed by atoms with Crippen molar-refractivity contribution >= 4 is 24.3 Å². The molecule has 0 saturated heterocycles. The minimum Gasteiger partial charge on any atom is -0.320 e. The second kappa shape index (κ2) is 13.9. The number of benzene rings is 3. The quantitative estimate of drug-likeness (QED) is 0.336. The van der Waals surface area contributed by atoms with Crippen LogP contribution in [0.4, 0.5) is 0 Å². The van der Waals surface area contributed by atoms with Crippen molar-refractivity contribution in [1.82, 2.24) is 0 Å². The largest absolute Gasteiger partial charge is 0.320 e. The summed E-state index contributed by atoms with van der Waals surface area (Å²) in [5, 5.41) is 0. The standard InChI is InChI=1S/C22H18.C2H3N.C2H6/c1-3-7-19(8-4-1)11-13-21-15-17-22(18-16-21)14-12-20-9-5-2-6-10-20;1-3-2;1-2/h1-18H;1H3;1-2H3. The normalized spacial score (nSPS) is 9.70. The molecule has 3 rings (SSSR count). The summed E-state index contributed by atoms with van der Waals surface area (Å²) in [6, 6.07) is 29.3. The van der Waals surface area contributed by atoms with Gasteiger partial charge in [-0.15, -0.1) is 0 Å². The van der Waals surface area contributed by atoms with E-state index in [9.17, 15) is 0 Å². The zero-order valence-electron chi connectivity index (χ0n) is 16.3. The van der Waals surface area contributed by atoms with E-state index in [1.165, 1.54) is 29.3 Å². The smallest absolute Gasteiger partial charge is 0.205 e. The first-order valence-electron chi connectivity index (χ1n) is 9.13. The Labute approximate surface area is 164 Å². The van der Waals surface area contributed by atoms with E-state index >= 15 is 0 Å². The Morgan fingerprint density at radius 1 is 0.519 bits per heavy atom. The first-order valence-corrected chi connectivity index (χ1v) is 9.13. The second-order valence-corrected chi connectivity index (χ2v) is 5.38. The number of rotatable bonds is 4. The lowest BCUT2D eigenvalue weighted by Crippen LogP contribution is -1.75. The highest BCUT2D eigenvalue weighted by Gasteiger charge is 1.90. The predicted octanol–water partition coefficient (Wildman–Crippen LogP) is 7.59. The van der Waals surface area contributed by atoms with Crippen LogP contribution in [0.5, 0.6) is 0 Å². The van der Waals surface area contributed by atoms with Gasteiger partial charge in [-0.25, -0.2) is 6.57 Å². The van der Waals surface area contributed by atoms with Gasteiger partial charge in [0.25, 0.3) is 0 Å². The maximum Gasteiger partial charge on any atom is 0.205 e. The maximum absolute atomic E-state index is 5.83. The molecule has 0 heterocycles. The van der Waals surface area contributed by atoms with Gasteiger partial charge in [0.1, 0.15) is 0 Å².